The van der Waals surface area contributed by atoms with E-state index < -0.39 is 5.60 Å². The summed E-state index contributed by atoms with van der Waals surface area (Å²) in [5, 5.41) is 11.5. The third kappa shape index (κ3) is 3.81. The van der Waals surface area contributed by atoms with E-state index >= 15 is 0 Å². The molecule has 0 bridgehead atoms. The zero-order valence-corrected chi connectivity index (χ0v) is 14.6. The molecule has 0 spiro atoms. The summed E-state index contributed by atoms with van der Waals surface area (Å²) in [5.41, 5.74) is 2.74. The van der Waals surface area contributed by atoms with Gasteiger partial charge >= 0.3 is 0 Å². The topological polar surface area (TPSA) is 23.5 Å². The molecule has 0 saturated carbocycles. The Kier molecular flexibility index (Phi) is 5.01. The molecule has 0 aliphatic heterocycles. The first-order chi connectivity index (χ1) is 12.1. The van der Waals surface area contributed by atoms with E-state index in [4.69, 9.17) is 0 Å². The van der Waals surface area contributed by atoms with Crippen LogP contribution in [0.5, 0.6) is 0 Å². The summed E-state index contributed by atoms with van der Waals surface area (Å²) < 4.78 is 0. The van der Waals surface area contributed by atoms with Crippen molar-refractivity contribution in [2.24, 2.45) is 0 Å². The molecule has 2 nitrogen and oxygen atoms in total. The van der Waals surface area contributed by atoms with Crippen LogP contribution in [0.4, 0.5) is 5.69 Å². The second-order valence-corrected chi connectivity index (χ2v) is 6.32. The van der Waals surface area contributed by atoms with E-state index in [1.165, 1.54) is 0 Å². The van der Waals surface area contributed by atoms with Crippen LogP contribution in [0.2, 0.25) is 0 Å². The van der Waals surface area contributed by atoms with Crippen LogP contribution in [0.15, 0.2) is 91.0 Å². The standard InChI is InChI=1S/C23H23NO/c1-24(2)22-15-13-19(14-16-22)17-18-23(25,20-9-5-3-6-10-20)21-11-7-4-8-12-21/h3-18,25H,1-2H3/b18-17+. The average molecular weight is 329 g/mol. The lowest BCUT2D eigenvalue weighted by molar-refractivity contribution is 0.135. The highest BCUT2D eigenvalue weighted by Crippen LogP contribution is 2.31. The number of rotatable bonds is 5. The Morgan fingerprint density at radius 3 is 1.64 bits per heavy atom. The van der Waals surface area contributed by atoms with Crippen molar-refractivity contribution < 1.29 is 5.11 Å². The quantitative estimate of drug-likeness (QED) is 0.733. The third-order valence-corrected chi connectivity index (χ3v) is 4.35. The Morgan fingerprint density at radius 2 is 1.20 bits per heavy atom. The van der Waals surface area contributed by atoms with Crippen molar-refractivity contribution in [3.05, 3.63) is 108 Å². The van der Waals surface area contributed by atoms with Crippen LogP contribution < -0.4 is 4.90 Å². The first kappa shape index (κ1) is 17.0. The Labute approximate surface area is 149 Å². The average Bonchev–Trinajstić information content (AvgIpc) is 2.68. The smallest absolute Gasteiger partial charge is 0.134 e. The van der Waals surface area contributed by atoms with Crippen molar-refractivity contribution in [1.29, 1.82) is 0 Å². The molecule has 0 aliphatic rings. The van der Waals surface area contributed by atoms with E-state index in [0.29, 0.717) is 0 Å². The molecular formula is C23H23NO. The molecule has 0 fully saturated rings. The van der Waals surface area contributed by atoms with Crippen LogP contribution in [0.25, 0.3) is 6.08 Å². The number of anilines is 1. The van der Waals surface area contributed by atoms with Gasteiger partial charge in [0.2, 0.25) is 0 Å². The van der Waals surface area contributed by atoms with Crippen LogP contribution in [-0.4, -0.2) is 19.2 Å². The van der Waals surface area contributed by atoms with Crippen LogP contribution in [0, 0.1) is 0 Å². The minimum Gasteiger partial charge on any atom is -0.378 e. The fourth-order valence-corrected chi connectivity index (χ4v) is 2.84. The molecule has 3 aromatic rings. The van der Waals surface area contributed by atoms with Crippen molar-refractivity contribution in [3.63, 3.8) is 0 Å². The number of hydrogen-bond acceptors (Lipinski definition) is 2. The van der Waals surface area contributed by atoms with Gasteiger partial charge in [0.1, 0.15) is 5.60 Å². The van der Waals surface area contributed by atoms with Gasteiger partial charge in [0.05, 0.1) is 0 Å². The van der Waals surface area contributed by atoms with Crippen molar-refractivity contribution in [2.45, 2.75) is 5.60 Å². The van der Waals surface area contributed by atoms with E-state index in [9.17, 15) is 5.11 Å². The normalized spacial score (nSPS) is 11.6. The lowest BCUT2D eigenvalue weighted by atomic mass is 9.85. The van der Waals surface area contributed by atoms with Gasteiger partial charge in [-0.2, -0.15) is 0 Å². The monoisotopic (exact) mass is 329 g/mol. The molecule has 0 heterocycles. The molecule has 1 N–H and O–H groups in total. The Balaban J connectivity index is 1.98. The predicted octanol–water partition coefficient (Wildman–Crippen LogP) is 4.70. The third-order valence-electron chi connectivity index (χ3n) is 4.35. The molecule has 25 heavy (non-hydrogen) atoms. The van der Waals surface area contributed by atoms with Crippen LogP contribution in [-0.2, 0) is 5.60 Å². The minimum absolute atomic E-state index is 0.849. The van der Waals surface area contributed by atoms with Gasteiger partial charge < -0.3 is 10.0 Å². The first-order valence-corrected chi connectivity index (χ1v) is 8.40. The highest BCUT2D eigenvalue weighted by molar-refractivity contribution is 5.58. The Bertz CT molecular complexity index is 781. The summed E-state index contributed by atoms with van der Waals surface area (Å²) in [6.45, 7) is 0. The summed E-state index contributed by atoms with van der Waals surface area (Å²) in [5.74, 6) is 0. The SMILES string of the molecule is CN(C)c1ccc(/C=C/C(O)(c2ccccc2)c2ccccc2)cc1. The summed E-state index contributed by atoms with van der Waals surface area (Å²) in [4.78, 5) is 2.07. The molecule has 0 unspecified atom stereocenters. The minimum atomic E-state index is -1.16. The van der Waals surface area contributed by atoms with Crippen molar-refractivity contribution in [1.82, 2.24) is 0 Å². The number of nitrogens with zero attached hydrogens (tertiary/aromatic N) is 1. The van der Waals surface area contributed by atoms with E-state index in [2.05, 4.69) is 29.2 Å². The number of aliphatic hydroxyl groups is 1. The molecule has 3 aromatic carbocycles. The molecule has 3 rings (SSSR count). The van der Waals surface area contributed by atoms with Gasteiger partial charge in [-0.15, -0.1) is 0 Å². The Morgan fingerprint density at radius 1 is 0.720 bits per heavy atom. The van der Waals surface area contributed by atoms with Gasteiger partial charge in [-0.3, -0.25) is 0 Å². The molecule has 126 valence electrons. The molecule has 0 radical (unpaired) electrons. The largest absolute Gasteiger partial charge is 0.378 e. The lowest BCUT2D eigenvalue weighted by Crippen LogP contribution is -2.24. The summed E-state index contributed by atoms with van der Waals surface area (Å²) in [7, 11) is 4.04. The van der Waals surface area contributed by atoms with Crippen molar-refractivity contribution in [2.75, 3.05) is 19.0 Å². The zero-order chi connectivity index (χ0) is 17.7. The number of benzene rings is 3. The van der Waals surface area contributed by atoms with Crippen molar-refractivity contribution >= 4 is 11.8 Å². The van der Waals surface area contributed by atoms with Crippen molar-refractivity contribution in [3.8, 4) is 0 Å². The van der Waals surface area contributed by atoms with E-state index in [1.54, 1.807) is 0 Å². The van der Waals surface area contributed by atoms with Gasteiger partial charge in [0.25, 0.3) is 0 Å². The summed E-state index contributed by atoms with van der Waals surface area (Å²) in [6, 6.07) is 27.8. The highest BCUT2D eigenvalue weighted by atomic mass is 16.3. The Hall–Kier alpha value is -2.84. The molecule has 0 atom stereocenters. The van der Waals surface area contributed by atoms with Gasteiger partial charge in [-0.05, 0) is 34.9 Å². The number of hydrogen-bond donors (Lipinski definition) is 1. The van der Waals surface area contributed by atoms with E-state index in [-0.39, 0.29) is 0 Å². The van der Waals surface area contributed by atoms with Gasteiger partial charge in [-0.25, -0.2) is 0 Å². The van der Waals surface area contributed by atoms with Gasteiger partial charge in [-0.1, -0.05) is 78.9 Å². The molecular weight excluding hydrogens is 306 g/mol. The molecule has 0 amide bonds. The maximum absolute atomic E-state index is 11.5. The lowest BCUT2D eigenvalue weighted by Gasteiger charge is -2.26. The van der Waals surface area contributed by atoms with Gasteiger partial charge in [0, 0.05) is 19.8 Å². The first-order valence-electron chi connectivity index (χ1n) is 8.40. The van der Waals surface area contributed by atoms with Crippen LogP contribution in [0.3, 0.4) is 0 Å². The fraction of sp³-hybridized carbons (Fsp3) is 0.130. The summed E-state index contributed by atoms with van der Waals surface area (Å²) >= 11 is 0. The summed E-state index contributed by atoms with van der Waals surface area (Å²) in [6.07, 6.45) is 3.84. The fourth-order valence-electron chi connectivity index (χ4n) is 2.84. The van der Waals surface area contributed by atoms with E-state index in [0.717, 1.165) is 22.4 Å². The molecule has 0 aromatic heterocycles. The molecule has 2 heteroatoms. The molecule has 0 aliphatic carbocycles. The van der Waals surface area contributed by atoms with Gasteiger partial charge in [0.15, 0.2) is 0 Å². The molecule has 0 saturated heterocycles. The zero-order valence-electron chi connectivity index (χ0n) is 14.6. The maximum Gasteiger partial charge on any atom is 0.134 e. The predicted molar refractivity (Wildman–Crippen MR) is 106 cm³/mol. The second kappa shape index (κ2) is 7.37. The highest BCUT2D eigenvalue weighted by Gasteiger charge is 2.28. The van der Waals surface area contributed by atoms with Crippen LogP contribution >= 0.6 is 0 Å². The van der Waals surface area contributed by atoms with E-state index in [1.807, 2.05) is 86.9 Å². The maximum atomic E-state index is 11.5. The van der Waals surface area contributed by atoms with Crippen LogP contribution in [0.1, 0.15) is 16.7 Å². The second-order valence-electron chi connectivity index (χ2n) is 6.32.